The highest BCUT2D eigenvalue weighted by Gasteiger charge is 2.30. The Morgan fingerprint density at radius 3 is 0.732 bits per heavy atom. The lowest BCUT2D eigenvalue weighted by Crippen LogP contribution is -2.30. The van der Waals surface area contributed by atoms with Gasteiger partial charge in [0.25, 0.3) is 0 Å². The number of phosphoric acid groups is 2. The maximum Gasteiger partial charge on any atom is 0.472 e. The van der Waals surface area contributed by atoms with Crippen molar-refractivity contribution >= 4 is 39.5 Å². The number of phosphoric ester groups is 2. The molecule has 0 fully saturated rings. The number of hydrogen-bond acceptors (Lipinski definition) is 15. The average molecular weight is 1420 g/mol. The summed E-state index contributed by atoms with van der Waals surface area (Å²) in [6.45, 7) is 14.2. The van der Waals surface area contributed by atoms with Crippen molar-refractivity contribution < 1.29 is 80.2 Å². The van der Waals surface area contributed by atoms with Gasteiger partial charge in [-0.3, -0.25) is 37.3 Å². The second-order valence-electron chi connectivity index (χ2n) is 29.8. The predicted molar refractivity (Wildman–Crippen MR) is 395 cm³/mol. The number of rotatable bonds is 75. The first-order chi connectivity index (χ1) is 46.6. The van der Waals surface area contributed by atoms with Crippen molar-refractivity contribution in [3.63, 3.8) is 0 Å². The van der Waals surface area contributed by atoms with Crippen LogP contribution >= 0.6 is 15.6 Å². The number of ether oxygens (including phenoxy) is 4. The van der Waals surface area contributed by atoms with Crippen molar-refractivity contribution in [2.24, 2.45) is 23.7 Å². The summed E-state index contributed by atoms with van der Waals surface area (Å²) in [7, 11) is -9.92. The molecule has 0 aromatic heterocycles. The number of hydrogen-bond donors (Lipinski definition) is 3. The molecule has 0 bridgehead atoms. The zero-order valence-electron chi connectivity index (χ0n) is 63.7. The van der Waals surface area contributed by atoms with Crippen LogP contribution in [-0.2, 0) is 65.4 Å². The normalized spacial score (nSPS) is 14.4. The maximum atomic E-state index is 13.1. The van der Waals surface area contributed by atoms with E-state index in [2.05, 4.69) is 55.4 Å². The minimum absolute atomic E-state index is 0.105. The first-order valence-corrected chi connectivity index (χ1v) is 43.2. The van der Waals surface area contributed by atoms with Gasteiger partial charge in [0.1, 0.15) is 19.3 Å². The Labute approximate surface area is 594 Å². The molecule has 0 spiro atoms. The predicted octanol–water partition coefficient (Wildman–Crippen LogP) is 22.8. The quantitative estimate of drug-likeness (QED) is 0.0222. The van der Waals surface area contributed by atoms with Gasteiger partial charge in [0.2, 0.25) is 0 Å². The number of carbonyl (C=O) groups is 4. The van der Waals surface area contributed by atoms with E-state index in [1.54, 1.807) is 0 Å². The summed E-state index contributed by atoms with van der Waals surface area (Å²) >= 11 is 0. The zero-order chi connectivity index (χ0) is 71.7. The van der Waals surface area contributed by atoms with E-state index in [1.165, 1.54) is 199 Å². The topological polar surface area (TPSA) is 237 Å². The van der Waals surface area contributed by atoms with Gasteiger partial charge >= 0.3 is 39.5 Å². The van der Waals surface area contributed by atoms with E-state index >= 15 is 0 Å². The first kappa shape index (κ1) is 95.1. The van der Waals surface area contributed by atoms with Gasteiger partial charge < -0.3 is 33.8 Å². The summed E-state index contributed by atoms with van der Waals surface area (Å²) in [5.74, 6) is 0.982. The Balaban J connectivity index is 5.27. The number of esters is 4. The van der Waals surface area contributed by atoms with E-state index in [-0.39, 0.29) is 25.7 Å². The van der Waals surface area contributed by atoms with E-state index in [9.17, 15) is 43.2 Å². The van der Waals surface area contributed by atoms with Gasteiger partial charge in [-0.05, 0) is 49.4 Å². The fraction of sp³-hybridized carbons (Fsp3) is 0.949. The molecule has 0 aliphatic carbocycles. The van der Waals surface area contributed by atoms with Crippen LogP contribution in [0.5, 0.6) is 0 Å². The lowest BCUT2D eigenvalue weighted by molar-refractivity contribution is -0.161. The molecule has 0 aromatic rings. The molecule has 0 saturated carbocycles. The molecule has 0 rings (SSSR count). The standard InChI is InChI=1S/C78H152O17P2/c1-9-71(8)57-49-41-33-28-29-35-43-51-59-76(81)89-65-74(95-78(83)61-53-45-37-27-21-24-32-40-48-56-70(6)7)67-93-97(86,87)91-63-72(79)62-90-96(84,85)92-66-73(64-88-75(80)58-50-42-34-25-19-16-12-14-18-23-31-39-47-55-69(4)5)94-77(82)60-52-44-36-26-20-15-11-10-13-17-22-30-38-46-54-68(2)3/h68-74,79H,9-67H2,1-8H3,(H,84,85)(H,86,87)/t71?,72-,73-,74-/m1/s1. The third-order valence-corrected chi connectivity index (χ3v) is 20.3. The first-order valence-electron chi connectivity index (χ1n) is 40.2. The van der Waals surface area contributed by atoms with E-state index in [0.717, 1.165) is 114 Å². The van der Waals surface area contributed by atoms with Gasteiger partial charge in [-0.15, -0.1) is 0 Å². The van der Waals surface area contributed by atoms with Crippen LogP contribution in [-0.4, -0.2) is 96.7 Å². The Kier molecular flexibility index (Phi) is 65.9. The summed E-state index contributed by atoms with van der Waals surface area (Å²) in [4.78, 5) is 72.9. The summed E-state index contributed by atoms with van der Waals surface area (Å²) < 4.78 is 68.6. The van der Waals surface area contributed by atoms with Gasteiger partial charge in [0, 0.05) is 25.7 Å². The van der Waals surface area contributed by atoms with Crippen LogP contribution in [0.25, 0.3) is 0 Å². The zero-order valence-corrected chi connectivity index (χ0v) is 65.5. The maximum absolute atomic E-state index is 13.1. The van der Waals surface area contributed by atoms with Crippen molar-refractivity contribution in [3.8, 4) is 0 Å². The van der Waals surface area contributed by atoms with Crippen molar-refractivity contribution in [1.29, 1.82) is 0 Å². The summed E-state index contributed by atoms with van der Waals surface area (Å²) in [5, 5.41) is 10.6. The van der Waals surface area contributed by atoms with E-state index in [1.807, 2.05) is 0 Å². The third kappa shape index (κ3) is 70.9. The fourth-order valence-electron chi connectivity index (χ4n) is 11.9. The minimum Gasteiger partial charge on any atom is -0.462 e. The molecular weight excluding hydrogens is 1270 g/mol. The van der Waals surface area contributed by atoms with Crippen LogP contribution in [0.2, 0.25) is 0 Å². The lowest BCUT2D eigenvalue weighted by Gasteiger charge is -2.21. The molecule has 19 heteroatoms. The second kappa shape index (κ2) is 67.2. The summed E-state index contributed by atoms with van der Waals surface area (Å²) in [6, 6.07) is 0. The molecule has 17 nitrogen and oxygen atoms in total. The van der Waals surface area contributed by atoms with E-state index in [4.69, 9.17) is 37.0 Å². The van der Waals surface area contributed by atoms with Gasteiger partial charge in [0.15, 0.2) is 12.2 Å². The highest BCUT2D eigenvalue weighted by Crippen LogP contribution is 2.45. The van der Waals surface area contributed by atoms with Crippen LogP contribution < -0.4 is 0 Å². The van der Waals surface area contributed by atoms with Crippen molar-refractivity contribution in [3.05, 3.63) is 0 Å². The Hall–Kier alpha value is -1.94. The Morgan fingerprint density at radius 2 is 0.495 bits per heavy atom. The lowest BCUT2D eigenvalue weighted by atomic mass is 9.99. The molecule has 0 radical (unpaired) electrons. The molecule has 0 aliphatic heterocycles. The highest BCUT2D eigenvalue weighted by atomic mass is 31.2. The smallest absolute Gasteiger partial charge is 0.462 e. The van der Waals surface area contributed by atoms with Crippen LogP contribution in [0.3, 0.4) is 0 Å². The molecule has 97 heavy (non-hydrogen) atoms. The second-order valence-corrected chi connectivity index (χ2v) is 32.7. The molecule has 576 valence electrons. The van der Waals surface area contributed by atoms with Crippen LogP contribution in [0, 0.1) is 23.7 Å². The molecule has 6 atom stereocenters. The van der Waals surface area contributed by atoms with Crippen molar-refractivity contribution in [2.45, 2.75) is 414 Å². The molecule has 3 unspecified atom stereocenters. The number of carbonyl (C=O) groups excluding carboxylic acids is 4. The van der Waals surface area contributed by atoms with Gasteiger partial charge in [0.05, 0.1) is 26.4 Å². The molecule has 0 saturated heterocycles. The molecule has 0 heterocycles. The summed E-state index contributed by atoms with van der Waals surface area (Å²) in [5.41, 5.74) is 0. The van der Waals surface area contributed by atoms with Gasteiger partial charge in [-0.1, -0.05) is 344 Å². The molecule has 0 aliphatic rings. The van der Waals surface area contributed by atoms with Crippen molar-refractivity contribution in [2.75, 3.05) is 39.6 Å². The molecule has 3 N–H and O–H groups in total. The van der Waals surface area contributed by atoms with Gasteiger partial charge in [-0.2, -0.15) is 0 Å². The molecular formula is C78H152O17P2. The minimum atomic E-state index is -4.96. The van der Waals surface area contributed by atoms with Gasteiger partial charge in [-0.25, -0.2) is 9.13 Å². The number of aliphatic hydroxyl groups is 1. The number of aliphatic hydroxyl groups excluding tert-OH is 1. The van der Waals surface area contributed by atoms with Crippen molar-refractivity contribution in [1.82, 2.24) is 0 Å². The fourth-order valence-corrected chi connectivity index (χ4v) is 13.5. The number of unbranched alkanes of at least 4 members (excludes halogenated alkanes) is 40. The summed E-state index contributed by atoms with van der Waals surface area (Å²) in [6.07, 6.45) is 52.6. The highest BCUT2D eigenvalue weighted by molar-refractivity contribution is 7.47. The van der Waals surface area contributed by atoms with Crippen LogP contribution in [0.1, 0.15) is 396 Å². The monoisotopic (exact) mass is 1420 g/mol. The molecule has 0 aromatic carbocycles. The largest absolute Gasteiger partial charge is 0.472 e. The Morgan fingerprint density at radius 1 is 0.289 bits per heavy atom. The molecule has 0 amide bonds. The third-order valence-electron chi connectivity index (χ3n) is 18.4. The van der Waals surface area contributed by atoms with E-state index < -0.39 is 97.5 Å². The van der Waals surface area contributed by atoms with Crippen LogP contribution in [0.15, 0.2) is 0 Å². The Bertz CT molecular complexity index is 1900. The van der Waals surface area contributed by atoms with Crippen LogP contribution in [0.4, 0.5) is 0 Å². The SMILES string of the molecule is CCC(C)CCCCCCCCCCC(=O)OC[C@H](COP(=O)(O)OC[C@H](O)COP(=O)(O)OC[C@@H](COC(=O)CCCCCCCCCCCCCCCC(C)C)OC(=O)CCCCCCCCCCCCCCCCC(C)C)OC(=O)CCCCCCCCCCCC(C)C. The van der Waals surface area contributed by atoms with E-state index in [0.29, 0.717) is 25.7 Å². The average Bonchev–Trinajstić information content (AvgIpc) is 2.65.